The molecule has 16 heavy (non-hydrogen) atoms. The average molecular weight is 241 g/mol. The molecule has 1 aromatic carbocycles. The van der Waals surface area contributed by atoms with Gasteiger partial charge in [-0.3, -0.25) is 0 Å². The smallest absolute Gasteiger partial charge is 0.162 e. The van der Waals surface area contributed by atoms with Crippen molar-refractivity contribution in [3.63, 3.8) is 0 Å². The number of benzene rings is 1. The van der Waals surface area contributed by atoms with E-state index in [1.165, 1.54) is 0 Å². The Morgan fingerprint density at radius 2 is 2.25 bits per heavy atom. The van der Waals surface area contributed by atoms with Crippen LogP contribution in [0.2, 0.25) is 5.02 Å². The molecule has 0 radical (unpaired) electrons. The second-order valence-corrected chi connectivity index (χ2v) is 3.89. The Balaban J connectivity index is 2.03. The molecule has 0 amide bonds. The fourth-order valence-corrected chi connectivity index (χ4v) is 1.37. The molecular formula is C12H13ClO3. The van der Waals surface area contributed by atoms with Crippen molar-refractivity contribution in [3.05, 3.63) is 35.9 Å². The molecular weight excluding hydrogens is 228 g/mol. The number of epoxide rings is 1. The molecule has 3 nitrogen and oxygen atoms in total. The van der Waals surface area contributed by atoms with E-state index in [4.69, 9.17) is 25.8 Å². The van der Waals surface area contributed by atoms with Crippen LogP contribution in [0, 0.1) is 0 Å². The minimum Gasteiger partial charge on any atom is -0.487 e. The molecule has 4 heteroatoms. The van der Waals surface area contributed by atoms with Gasteiger partial charge in [-0.15, -0.1) is 0 Å². The van der Waals surface area contributed by atoms with Crippen LogP contribution in [0.25, 0.3) is 0 Å². The lowest BCUT2D eigenvalue weighted by Crippen LogP contribution is -2.05. The summed E-state index contributed by atoms with van der Waals surface area (Å²) in [5.74, 6) is 1.31. The monoisotopic (exact) mass is 240 g/mol. The molecule has 86 valence electrons. The predicted molar refractivity (Wildman–Crippen MR) is 62.4 cm³/mol. The minimum absolute atomic E-state index is 0.214. The molecule has 1 aliphatic rings. The third-order valence-corrected chi connectivity index (χ3v) is 2.32. The quantitative estimate of drug-likeness (QED) is 0.566. The summed E-state index contributed by atoms with van der Waals surface area (Å²) < 4.78 is 16.1. The van der Waals surface area contributed by atoms with Crippen molar-refractivity contribution in [2.24, 2.45) is 0 Å². The fourth-order valence-electron chi connectivity index (χ4n) is 1.21. The van der Waals surface area contributed by atoms with Gasteiger partial charge in [-0.05, 0) is 12.1 Å². The SMILES string of the molecule is C=CCOc1ccc(Cl)cc1OCC1CO1. The Morgan fingerprint density at radius 3 is 2.94 bits per heavy atom. The predicted octanol–water partition coefficient (Wildman–Crippen LogP) is 2.68. The van der Waals surface area contributed by atoms with Gasteiger partial charge in [0.25, 0.3) is 0 Å². The van der Waals surface area contributed by atoms with E-state index < -0.39 is 0 Å². The third-order valence-electron chi connectivity index (χ3n) is 2.09. The van der Waals surface area contributed by atoms with Crippen LogP contribution in [0.5, 0.6) is 11.5 Å². The van der Waals surface area contributed by atoms with Crippen LogP contribution >= 0.6 is 11.6 Å². The molecule has 0 saturated carbocycles. The highest BCUT2D eigenvalue weighted by atomic mass is 35.5. The second kappa shape index (κ2) is 5.23. The summed E-state index contributed by atoms with van der Waals surface area (Å²) in [6, 6.07) is 5.29. The maximum atomic E-state index is 5.89. The minimum atomic E-state index is 0.214. The summed E-state index contributed by atoms with van der Waals surface area (Å²) in [7, 11) is 0. The van der Waals surface area contributed by atoms with Crippen LogP contribution in [0.1, 0.15) is 0 Å². The number of rotatable bonds is 6. The van der Waals surface area contributed by atoms with Gasteiger partial charge in [0.1, 0.15) is 19.3 Å². The molecule has 1 fully saturated rings. The summed E-state index contributed by atoms with van der Waals surface area (Å²) in [6.45, 7) is 5.34. The maximum Gasteiger partial charge on any atom is 0.162 e. The van der Waals surface area contributed by atoms with E-state index >= 15 is 0 Å². The van der Waals surface area contributed by atoms with Crippen molar-refractivity contribution >= 4 is 11.6 Å². The lowest BCUT2D eigenvalue weighted by atomic mass is 10.3. The van der Waals surface area contributed by atoms with Crippen molar-refractivity contribution in [1.29, 1.82) is 0 Å². The molecule has 0 N–H and O–H groups in total. The number of hydrogen-bond donors (Lipinski definition) is 0. The molecule has 1 atom stereocenters. The third kappa shape index (κ3) is 3.15. The summed E-state index contributed by atoms with van der Waals surface area (Å²) in [5, 5.41) is 0.623. The van der Waals surface area contributed by atoms with E-state index in [0.29, 0.717) is 29.7 Å². The summed E-state index contributed by atoms with van der Waals surface area (Å²) in [4.78, 5) is 0. The summed E-state index contributed by atoms with van der Waals surface area (Å²) >= 11 is 5.89. The molecule has 0 aromatic heterocycles. The van der Waals surface area contributed by atoms with Gasteiger partial charge in [-0.25, -0.2) is 0 Å². The maximum absolute atomic E-state index is 5.89. The van der Waals surface area contributed by atoms with Gasteiger partial charge in [-0.1, -0.05) is 24.3 Å². The van der Waals surface area contributed by atoms with Gasteiger partial charge < -0.3 is 14.2 Å². The van der Waals surface area contributed by atoms with E-state index in [-0.39, 0.29) is 6.10 Å². The zero-order valence-electron chi connectivity index (χ0n) is 8.82. The van der Waals surface area contributed by atoms with Crippen LogP contribution in [-0.4, -0.2) is 25.9 Å². The van der Waals surface area contributed by atoms with E-state index in [1.54, 1.807) is 24.3 Å². The number of hydrogen-bond acceptors (Lipinski definition) is 3. The summed E-state index contributed by atoms with van der Waals surface area (Å²) in [6.07, 6.45) is 1.90. The first-order valence-corrected chi connectivity index (χ1v) is 5.45. The van der Waals surface area contributed by atoms with Crippen LogP contribution < -0.4 is 9.47 Å². The molecule has 1 aliphatic heterocycles. The average Bonchev–Trinajstić information content (AvgIpc) is 3.09. The van der Waals surface area contributed by atoms with Crippen molar-refractivity contribution in [1.82, 2.24) is 0 Å². The first-order chi connectivity index (χ1) is 7.79. The van der Waals surface area contributed by atoms with E-state index in [1.807, 2.05) is 0 Å². The Labute approximate surface area is 99.6 Å². The van der Waals surface area contributed by atoms with Gasteiger partial charge in [-0.2, -0.15) is 0 Å². The molecule has 0 aliphatic carbocycles. The van der Waals surface area contributed by atoms with Gasteiger partial charge in [0.05, 0.1) is 6.61 Å². The van der Waals surface area contributed by atoms with Gasteiger partial charge >= 0.3 is 0 Å². The van der Waals surface area contributed by atoms with Crippen LogP contribution in [0.4, 0.5) is 0 Å². The molecule has 0 bridgehead atoms. The Hall–Kier alpha value is -1.19. The molecule has 1 heterocycles. The van der Waals surface area contributed by atoms with Crippen LogP contribution in [-0.2, 0) is 4.74 Å². The van der Waals surface area contributed by atoms with E-state index in [0.717, 1.165) is 6.61 Å². The highest BCUT2D eigenvalue weighted by molar-refractivity contribution is 6.30. The lowest BCUT2D eigenvalue weighted by Gasteiger charge is -2.11. The highest BCUT2D eigenvalue weighted by Gasteiger charge is 2.23. The zero-order valence-corrected chi connectivity index (χ0v) is 9.57. The first-order valence-electron chi connectivity index (χ1n) is 5.07. The second-order valence-electron chi connectivity index (χ2n) is 3.46. The zero-order chi connectivity index (χ0) is 11.4. The van der Waals surface area contributed by atoms with Crippen LogP contribution in [0.3, 0.4) is 0 Å². The molecule has 1 unspecified atom stereocenters. The fraction of sp³-hybridized carbons (Fsp3) is 0.333. The van der Waals surface area contributed by atoms with Crippen molar-refractivity contribution in [2.75, 3.05) is 19.8 Å². The molecule has 0 spiro atoms. The van der Waals surface area contributed by atoms with E-state index in [9.17, 15) is 0 Å². The molecule has 1 saturated heterocycles. The largest absolute Gasteiger partial charge is 0.487 e. The summed E-state index contributed by atoms with van der Waals surface area (Å²) in [5.41, 5.74) is 0. The van der Waals surface area contributed by atoms with Crippen molar-refractivity contribution < 1.29 is 14.2 Å². The normalized spacial score (nSPS) is 17.9. The Kier molecular flexibility index (Phi) is 3.70. The number of ether oxygens (including phenoxy) is 3. The number of halogens is 1. The lowest BCUT2D eigenvalue weighted by molar-refractivity contribution is 0.248. The van der Waals surface area contributed by atoms with Gasteiger partial charge in [0.2, 0.25) is 0 Å². The molecule has 1 aromatic rings. The Bertz CT molecular complexity index is 375. The van der Waals surface area contributed by atoms with Gasteiger partial charge in [0.15, 0.2) is 11.5 Å². The van der Waals surface area contributed by atoms with Crippen molar-refractivity contribution in [3.8, 4) is 11.5 Å². The molecule has 2 rings (SSSR count). The van der Waals surface area contributed by atoms with Crippen LogP contribution in [0.15, 0.2) is 30.9 Å². The first kappa shape index (κ1) is 11.3. The van der Waals surface area contributed by atoms with Crippen molar-refractivity contribution in [2.45, 2.75) is 6.10 Å². The van der Waals surface area contributed by atoms with E-state index in [2.05, 4.69) is 6.58 Å². The topological polar surface area (TPSA) is 31.0 Å². The Morgan fingerprint density at radius 1 is 1.44 bits per heavy atom. The van der Waals surface area contributed by atoms with Gasteiger partial charge in [0, 0.05) is 11.1 Å². The standard InChI is InChI=1S/C12H13ClO3/c1-2-5-14-11-4-3-9(13)6-12(11)16-8-10-7-15-10/h2-4,6,10H,1,5,7-8H2. The highest BCUT2D eigenvalue weighted by Crippen LogP contribution is 2.31.